The molecule has 0 unspecified atom stereocenters. The molecule has 0 heterocycles. The number of ether oxygens (including phenoxy) is 2. The molecule has 7 heteroatoms. The lowest BCUT2D eigenvalue weighted by Gasteiger charge is -2.15. The van der Waals surface area contributed by atoms with E-state index in [0.29, 0.717) is 31.2 Å². The van der Waals surface area contributed by atoms with Gasteiger partial charge < -0.3 is 14.8 Å². The van der Waals surface area contributed by atoms with Crippen LogP contribution in [0.4, 0.5) is 0 Å². The van der Waals surface area contributed by atoms with E-state index in [-0.39, 0.29) is 0 Å². The van der Waals surface area contributed by atoms with Crippen LogP contribution in [0.25, 0.3) is 0 Å². The van der Waals surface area contributed by atoms with Gasteiger partial charge in [-0.2, -0.15) is 0 Å². The van der Waals surface area contributed by atoms with Crippen molar-refractivity contribution in [3.8, 4) is 5.75 Å². The molecular weight excluding hydrogens is 352 g/mol. The molecule has 0 aromatic heterocycles. The van der Waals surface area contributed by atoms with Crippen LogP contribution in [-0.4, -0.2) is 47.1 Å². The van der Waals surface area contributed by atoms with Gasteiger partial charge in [-0.05, 0) is 29.3 Å². The van der Waals surface area contributed by atoms with Crippen molar-refractivity contribution in [2.45, 2.75) is 18.0 Å². The number of sulfonamides is 1. The molecule has 0 aliphatic heterocycles. The maximum atomic E-state index is 12.4. The lowest BCUT2D eigenvalue weighted by Crippen LogP contribution is -2.24. The zero-order chi connectivity index (χ0) is 19.0. The molecule has 0 saturated carbocycles. The third kappa shape index (κ3) is 5.54. The molecule has 1 N–H and O–H groups in total. The molecule has 2 rings (SSSR count). The predicted molar refractivity (Wildman–Crippen MR) is 102 cm³/mol. The Labute approximate surface area is 155 Å². The van der Waals surface area contributed by atoms with E-state index in [1.165, 1.54) is 18.4 Å². The van der Waals surface area contributed by atoms with Gasteiger partial charge in [0.1, 0.15) is 12.4 Å². The number of rotatable bonds is 10. The third-order valence-corrected chi connectivity index (χ3v) is 5.75. The molecule has 2 aromatic carbocycles. The Hall–Kier alpha value is -1.93. The van der Waals surface area contributed by atoms with Crippen LogP contribution in [0.15, 0.2) is 53.4 Å². The van der Waals surface area contributed by atoms with Crippen molar-refractivity contribution in [2.24, 2.45) is 0 Å². The van der Waals surface area contributed by atoms with Crippen LogP contribution in [0.5, 0.6) is 5.75 Å². The first-order chi connectivity index (χ1) is 12.4. The van der Waals surface area contributed by atoms with Gasteiger partial charge in [-0.3, -0.25) is 0 Å². The molecule has 2 aromatic rings. The first-order valence-corrected chi connectivity index (χ1v) is 9.81. The van der Waals surface area contributed by atoms with E-state index >= 15 is 0 Å². The van der Waals surface area contributed by atoms with Crippen molar-refractivity contribution in [3.05, 3.63) is 59.7 Å². The largest absolute Gasteiger partial charge is 0.491 e. The molecule has 0 aliphatic carbocycles. The molecular formula is C19H26N2O4S. The van der Waals surface area contributed by atoms with Crippen molar-refractivity contribution in [1.82, 2.24) is 9.62 Å². The minimum atomic E-state index is -3.46. The lowest BCUT2D eigenvalue weighted by molar-refractivity contribution is 0.146. The summed E-state index contributed by atoms with van der Waals surface area (Å²) in [4.78, 5) is 0.328. The maximum Gasteiger partial charge on any atom is 0.242 e. The minimum absolute atomic E-state index is 0.328. The van der Waals surface area contributed by atoms with Crippen LogP contribution < -0.4 is 10.1 Å². The van der Waals surface area contributed by atoms with E-state index < -0.39 is 10.0 Å². The average molecular weight is 378 g/mol. The van der Waals surface area contributed by atoms with Crippen LogP contribution in [0.3, 0.4) is 0 Å². The molecule has 0 amide bonds. The molecule has 26 heavy (non-hydrogen) atoms. The first kappa shape index (κ1) is 20.4. The SMILES string of the molecule is COCCOc1cccc(CNCc2ccccc2S(=O)(=O)N(C)C)c1. The quantitative estimate of drug-likeness (QED) is 0.642. The van der Waals surface area contributed by atoms with E-state index in [1.807, 2.05) is 36.4 Å². The zero-order valence-corrected chi connectivity index (χ0v) is 16.3. The lowest BCUT2D eigenvalue weighted by atomic mass is 10.2. The fraction of sp³-hybridized carbons (Fsp3) is 0.368. The Morgan fingerprint density at radius 1 is 1.00 bits per heavy atom. The summed E-state index contributed by atoms with van der Waals surface area (Å²) in [6.07, 6.45) is 0. The van der Waals surface area contributed by atoms with Gasteiger partial charge in [-0.15, -0.1) is 0 Å². The van der Waals surface area contributed by atoms with Crippen molar-refractivity contribution in [2.75, 3.05) is 34.4 Å². The van der Waals surface area contributed by atoms with Gasteiger partial charge in [-0.25, -0.2) is 12.7 Å². The Kier molecular flexibility index (Phi) is 7.59. The minimum Gasteiger partial charge on any atom is -0.491 e. The second-order valence-corrected chi connectivity index (χ2v) is 8.11. The molecule has 142 valence electrons. The van der Waals surface area contributed by atoms with Gasteiger partial charge in [0.2, 0.25) is 10.0 Å². The fourth-order valence-corrected chi connectivity index (χ4v) is 3.54. The van der Waals surface area contributed by atoms with Gasteiger partial charge in [0.25, 0.3) is 0 Å². The Morgan fingerprint density at radius 2 is 1.77 bits per heavy atom. The summed E-state index contributed by atoms with van der Waals surface area (Å²) >= 11 is 0. The number of benzene rings is 2. The molecule has 6 nitrogen and oxygen atoms in total. The van der Waals surface area contributed by atoms with E-state index in [0.717, 1.165) is 16.9 Å². The van der Waals surface area contributed by atoms with E-state index in [4.69, 9.17) is 9.47 Å². The molecule has 0 bridgehead atoms. The summed E-state index contributed by atoms with van der Waals surface area (Å²) in [6, 6.07) is 14.8. The Morgan fingerprint density at radius 3 is 2.50 bits per heavy atom. The van der Waals surface area contributed by atoms with Crippen molar-refractivity contribution >= 4 is 10.0 Å². The highest BCUT2D eigenvalue weighted by Gasteiger charge is 2.20. The van der Waals surface area contributed by atoms with Gasteiger partial charge >= 0.3 is 0 Å². The topological polar surface area (TPSA) is 67.9 Å². The molecule has 0 radical (unpaired) electrons. The smallest absolute Gasteiger partial charge is 0.242 e. The summed E-state index contributed by atoms with van der Waals surface area (Å²) in [7, 11) is 1.25. The van der Waals surface area contributed by atoms with E-state index in [2.05, 4.69) is 5.32 Å². The second-order valence-electron chi connectivity index (χ2n) is 5.99. The second kappa shape index (κ2) is 9.68. The highest BCUT2D eigenvalue weighted by molar-refractivity contribution is 7.89. The third-order valence-electron chi connectivity index (χ3n) is 3.83. The maximum absolute atomic E-state index is 12.4. The average Bonchev–Trinajstić information content (AvgIpc) is 2.62. The van der Waals surface area contributed by atoms with E-state index in [1.54, 1.807) is 19.2 Å². The molecule has 0 atom stereocenters. The summed E-state index contributed by atoms with van der Waals surface area (Å²) in [6.45, 7) is 2.11. The number of nitrogens with one attached hydrogen (secondary N) is 1. The molecule has 0 fully saturated rings. The van der Waals surface area contributed by atoms with Crippen LogP contribution in [-0.2, 0) is 27.8 Å². The predicted octanol–water partition coefficient (Wildman–Crippen LogP) is 2.25. The van der Waals surface area contributed by atoms with Gasteiger partial charge in [0.05, 0.1) is 11.5 Å². The van der Waals surface area contributed by atoms with Crippen LogP contribution >= 0.6 is 0 Å². The fourth-order valence-electron chi connectivity index (χ4n) is 2.43. The van der Waals surface area contributed by atoms with Crippen molar-refractivity contribution in [1.29, 1.82) is 0 Å². The number of methoxy groups -OCH3 is 1. The highest BCUT2D eigenvalue weighted by Crippen LogP contribution is 2.19. The molecule has 0 spiro atoms. The van der Waals surface area contributed by atoms with E-state index in [9.17, 15) is 8.42 Å². The van der Waals surface area contributed by atoms with Crippen LogP contribution in [0, 0.1) is 0 Å². The standard InChI is InChI=1S/C19H26N2O4S/c1-21(2)26(22,23)19-10-5-4-8-17(19)15-20-14-16-7-6-9-18(13-16)25-12-11-24-3/h4-10,13,20H,11-12,14-15H2,1-3H3. The van der Waals surface area contributed by atoms with Gasteiger partial charge in [0.15, 0.2) is 0 Å². The Balaban J connectivity index is 2.00. The highest BCUT2D eigenvalue weighted by atomic mass is 32.2. The zero-order valence-electron chi connectivity index (χ0n) is 15.4. The number of nitrogens with zero attached hydrogens (tertiary/aromatic N) is 1. The Bertz CT molecular complexity index is 807. The summed E-state index contributed by atoms with van der Waals surface area (Å²) in [5.74, 6) is 0.789. The summed E-state index contributed by atoms with van der Waals surface area (Å²) in [5.41, 5.74) is 1.81. The normalized spacial score (nSPS) is 11.7. The summed E-state index contributed by atoms with van der Waals surface area (Å²) in [5, 5.41) is 3.30. The number of hydrogen-bond acceptors (Lipinski definition) is 5. The first-order valence-electron chi connectivity index (χ1n) is 8.37. The summed E-state index contributed by atoms with van der Waals surface area (Å²) < 4.78 is 36.7. The molecule has 0 saturated heterocycles. The van der Waals surface area contributed by atoms with Gasteiger partial charge in [-0.1, -0.05) is 30.3 Å². The molecule has 0 aliphatic rings. The van der Waals surface area contributed by atoms with Crippen molar-refractivity contribution in [3.63, 3.8) is 0 Å². The van der Waals surface area contributed by atoms with Crippen molar-refractivity contribution < 1.29 is 17.9 Å². The van der Waals surface area contributed by atoms with Crippen LogP contribution in [0.2, 0.25) is 0 Å². The number of hydrogen-bond donors (Lipinski definition) is 1. The monoisotopic (exact) mass is 378 g/mol. The van der Waals surface area contributed by atoms with Gasteiger partial charge in [0, 0.05) is 34.3 Å². The van der Waals surface area contributed by atoms with Crippen LogP contribution in [0.1, 0.15) is 11.1 Å².